The quantitative estimate of drug-likeness (QED) is 0.193. The van der Waals surface area contributed by atoms with Gasteiger partial charge in [-0.2, -0.15) is 5.26 Å². The lowest BCUT2D eigenvalue weighted by molar-refractivity contribution is -0.384. The van der Waals surface area contributed by atoms with Gasteiger partial charge in [0.25, 0.3) is 11.6 Å². The molecular formula is C24H18N4O4. The second kappa shape index (κ2) is 9.02. The van der Waals surface area contributed by atoms with Gasteiger partial charge in [-0.15, -0.1) is 0 Å². The lowest BCUT2D eigenvalue weighted by atomic mass is 10.1. The summed E-state index contributed by atoms with van der Waals surface area (Å²) in [7, 11) is 0. The molecule has 0 aliphatic carbocycles. The lowest BCUT2D eigenvalue weighted by Gasteiger charge is -2.03. The van der Waals surface area contributed by atoms with E-state index in [0.29, 0.717) is 30.0 Å². The van der Waals surface area contributed by atoms with Crippen molar-refractivity contribution < 1.29 is 14.1 Å². The van der Waals surface area contributed by atoms with Crippen LogP contribution in [0.4, 0.5) is 5.69 Å². The highest BCUT2D eigenvalue weighted by molar-refractivity contribution is 6.01. The third kappa shape index (κ3) is 4.42. The maximum Gasteiger partial charge on any atom is 0.269 e. The SMILES string of the molecule is N#C/C(=C\c1ccc(-c2ccc([N+](=O)[O-])cc2)o1)C(=O)NCCc1c[nH]c2ccccc12. The van der Waals surface area contributed by atoms with Crippen molar-refractivity contribution in [2.45, 2.75) is 6.42 Å². The molecule has 8 nitrogen and oxygen atoms in total. The summed E-state index contributed by atoms with van der Waals surface area (Å²) in [6.07, 6.45) is 3.91. The summed E-state index contributed by atoms with van der Waals surface area (Å²) in [5.74, 6) is 0.325. The number of para-hydroxylation sites is 1. The first-order chi connectivity index (χ1) is 15.5. The molecule has 2 aromatic heterocycles. The molecule has 0 unspecified atom stereocenters. The zero-order valence-corrected chi connectivity index (χ0v) is 16.9. The van der Waals surface area contributed by atoms with Gasteiger partial charge in [-0.25, -0.2) is 0 Å². The molecule has 0 atom stereocenters. The number of aromatic nitrogens is 1. The number of amides is 1. The van der Waals surface area contributed by atoms with E-state index in [1.54, 1.807) is 24.3 Å². The van der Waals surface area contributed by atoms with Crippen LogP contribution in [0.25, 0.3) is 28.3 Å². The summed E-state index contributed by atoms with van der Waals surface area (Å²) in [5.41, 5.74) is 2.68. The Balaban J connectivity index is 1.40. The smallest absolute Gasteiger partial charge is 0.269 e. The van der Waals surface area contributed by atoms with Gasteiger partial charge < -0.3 is 14.7 Å². The van der Waals surface area contributed by atoms with Crippen LogP contribution in [-0.4, -0.2) is 22.4 Å². The molecule has 0 saturated heterocycles. The van der Waals surface area contributed by atoms with Gasteiger partial charge in [0.1, 0.15) is 23.2 Å². The normalized spacial score (nSPS) is 11.3. The van der Waals surface area contributed by atoms with Gasteiger partial charge in [-0.1, -0.05) is 18.2 Å². The summed E-state index contributed by atoms with van der Waals surface area (Å²) in [6, 6.07) is 19.1. The van der Waals surface area contributed by atoms with E-state index in [2.05, 4.69) is 10.3 Å². The summed E-state index contributed by atoms with van der Waals surface area (Å²) in [6.45, 7) is 0.381. The van der Waals surface area contributed by atoms with Crippen molar-refractivity contribution in [2.24, 2.45) is 0 Å². The van der Waals surface area contributed by atoms with Gasteiger partial charge >= 0.3 is 0 Å². The van der Waals surface area contributed by atoms with Gasteiger partial charge in [0.15, 0.2) is 0 Å². The summed E-state index contributed by atoms with van der Waals surface area (Å²) < 4.78 is 5.68. The van der Waals surface area contributed by atoms with E-state index in [0.717, 1.165) is 16.5 Å². The molecular weight excluding hydrogens is 408 g/mol. The van der Waals surface area contributed by atoms with Crippen LogP contribution in [0.3, 0.4) is 0 Å². The van der Waals surface area contributed by atoms with Crippen molar-refractivity contribution in [3.8, 4) is 17.4 Å². The number of aromatic amines is 1. The first kappa shape index (κ1) is 20.6. The monoisotopic (exact) mass is 426 g/mol. The lowest BCUT2D eigenvalue weighted by Crippen LogP contribution is -2.26. The van der Waals surface area contributed by atoms with Crippen molar-refractivity contribution in [2.75, 3.05) is 6.54 Å². The minimum absolute atomic E-state index is 0.0171. The highest BCUT2D eigenvalue weighted by Gasteiger charge is 2.12. The number of nitrogens with one attached hydrogen (secondary N) is 2. The van der Waals surface area contributed by atoms with E-state index in [1.807, 2.05) is 36.5 Å². The summed E-state index contributed by atoms with van der Waals surface area (Å²) in [4.78, 5) is 25.9. The molecule has 4 aromatic rings. The van der Waals surface area contributed by atoms with Gasteiger partial charge in [0, 0.05) is 47.4 Å². The molecule has 158 valence electrons. The Morgan fingerprint density at radius 3 is 2.69 bits per heavy atom. The van der Waals surface area contributed by atoms with Crippen LogP contribution < -0.4 is 5.32 Å². The van der Waals surface area contributed by atoms with E-state index in [4.69, 9.17) is 4.42 Å². The molecule has 2 aromatic carbocycles. The summed E-state index contributed by atoms with van der Waals surface area (Å²) in [5, 5.41) is 24.0. The van der Waals surface area contributed by atoms with Crippen molar-refractivity contribution in [3.05, 3.63) is 93.9 Å². The fourth-order valence-corrected chi connectivity index (χ4v) is 3.37. The molecule has 0 aliphatic heterocycles. The van der Waals surface area contributed by atoms with Crippen LogP contribution in [0.5, 0.6) is 0 Å². The Labute approximate surface area is 182 Å². The van der Waals surface area contributed by atoms with Crippen LogP contribution in [0.1, 0.15) is 11.3 Å². The highest BCUT2D eigenvalue weighted by atomic mass is 16.6. The predicted octanol–water partition coefficient (Wildman–Crippen LogP) is 4.60. The minimum Gasteiger partial charge on any atom is -0.457 e. The Hall–Kier alpha value is -4.64. The maximum absolute atomic E-state index is 12.4. The number of hydrogen-bond acceptors (Lipinski definition) is 5. The van der Waals surface area contributed by atoms with E-state index in [-0.39, 0.29) is 11.3 Å². The molecule has 0 aliphatic rings. The number of nitrogens with zero attached hydrogens (tertiary/aromatic N) is 2. The number of benzene rings is 2. The number of carbonyl (C=O) groups excluding carboxylic acids is 1. The molecule has 0 spiro atoms. The van der Waals surface area contributed by atoms with Crippen LogP contribution >= 0.6 is 0 Å². The fraction of sp³-hybridized carbons (Fsp3) is 0.0833. The van der Waals surface area contributed by atoms with Gasteiger partial charge in [-0.05, 0) is 42.3 Å². The molecule has 0 saturated carbocycles. The largest absolute Gasteiger partial charge is 0.457 e. The minimum atomic E-state index is -0.486. The molecule has 2 heterocycles. The highest BCUT2D eigenvalue weighted by Crippen LogP contribution is 2.25. The first-order valence-corrected chi connectivity index (χ1v) is 9.85. The number of H-pyrrole nitrogens is 1. The number of nitro benzene ring substituents is 1. The number of hydrogen-bond donors (Lipinski definition) is 2. The average Bonchev–Trinajstić information content (AvgIpc) is 3.45. The van der Waals surface area contributed by atoms with Crippen molar-refractivity contribution in [1.29, 1.82) is 5.26 Å². The fourth-order valence-electron chi connectivity index (χ4n) is 3.37. The van der Waals surface area contributed by atoms with E-state index in [1.165, 1.54) is 18.2 Å². The molecule has 4 rings (SSSR count). The van der Waals surface area contributed by atoms with Crippen molar-refractivity contribution in [1.82, 2.24) is 10.3 Å². The molecule has 32 heavy (non-hydrogen) atoms. The van der Waals surface area contributed by atoms with E-state index >= 15 is 0 Å². The maximum atomic E-state index is 12.4. The Bertz CT molecular complexity index is 1360. The zero-order valence-electron chi connectivity index (χ0n) is 16.9. The number of carbonyl (C=O) groups is 1. The predicted molar refractivity (Wildman–Crippen MR) is 119 cm³/mol. The standard InChI is InChI=1S/C24H18N4O4/c25-14-18(24(29)26-12-11-17-15-27-22-4-2-1-3-21(17)22)13-20-9-10-23(32-20)16-5-7-19(8-6-16)28(30)31/h1-10,13,15,27H,11-12H2,(H,26,29)/b18-13+. The Kier molecular flexibility index (Phi) is 5.81. The second-order valence-corrected chi connectivity index (χ2v) is 7.04. The van der Waals surface area contributed by atoms with Crippen LogP contribution in [0.15, 0.2) is 76.9 Å². The zero-order chi connectivity index (χ0) is 22.5. The van der Waals surface area contributed by atoms with Gasteiger partial charge in [-0.3, -0.25) is 14.9 Å². The van der Waals surface area contributed by atoms with Gasteiger partial charge in [0.05, 0.1) is 4.92 Å². The Morgan fingerprint density at radius 1 is 1.16 bits per heavy atom. The van der Waals surface area contributed by atoms with Gasteiger partial charge in [0.2, 0.25) is 0 Å². The van der Waals surface area contributed by atoms with Crippen LogP contribution in [0, 0.1) is 21.4 Å². The number of nitriles is 1. The topological polar surface area (TPSA) is 125 Å². The van der Waals surface area contributed by atoms with Crippen molar-refractivity contribution in [3.63, 3.8) is 0 Å². The number of rotatable bonds is 7. The second-order valence-electron chi connectivity index (χ2n) is 7.04. The number of non-ortho nitro benzene ring substituents is 1. The number of nitro groups is 1. The molecule has 1 amide bonds. The molecule has 0 radical (unpaired) electrons. The third-order valence-corrected chi connectivity index (χ3v) is 5.00. The number of fused-ring (bicyclic) bond motifs is 1. The van der Waals surface area contributed by atoms with E-state index < -0.39 is 10.8 Å². The van der Waals surface area contributed by atoms with Crippen LogP contribution in [-0.2, 0) is 11.2 Å². The van der Waals surface area contributed by atoms with Crippen LogP contribution in [0.2, 0.25) is 0 Å². The molecule has 8 heteroatoms. The molecule has 0 bridgehead atoms. The average molecular weight is 426 g/mol. The number of furan rings is 1. The summed E-state index contributed by atoms with van der Waals surface area (Å²) >= 11 is 0. The van der Waals surface area contributed by atoms with Crippen molar-refractivity contribution >= 4 is 28.6 Å². The first-order valence-electron chi connectivity index (χ1n) is 9.85. The third-order valence-electron chi connectivity index (χ3n) is 5.00. The molecule has 2 N–H and O–H groups in total. The Morgan fingerprint density at radius 2 is 1.94 bits per heavy atom. The molecule has 0 fully saturated rings. The van der Waals surface area contributed by atoms with E-state index in [9.17, 15) is 20.2 Å².